The third kappa shape index (κ3) is 3.22. The van der Waals surface area contributed by atoms with Gasteiger partial charge < -0.3 is 14.0 Å². The van der Waals surface area contributed by atoms with Gasteiger partial charge in [0.15, 0.2) is 11.5 Å². The first kappa shape index (κ1) is 17.4. The number of hydrogen-bond donors (Lipinski definition) is 2. The van der Waals surface area contributed by atoms with Crippen molar-refractivity contribution in [1.29, 1.82) is 0 Å². The number of hydrogen-bond acceptors (Lipinski definition) is 5. The van der Waals surface area contributed by atoms with Crippen LogP contribution in [0.4, 0.5) is 0 Å². The fourth-order valence-electron chi connectivity index (χ4n) is 2.95. The van der Waals surface area contributed by atoms with Crippen molar-refractivity contribution in [1.82, 2.24) is 14.8 Å². The maximum Gasteiger partial charge on any atom is 0.268 e. The van der Waals surface area contributed by atoms with E-state index in [9.17, 15) is 13.2 Å². The van der Waals surface area contributed by atoms with Crippen molar-refractivity contribution in [2.24, 2.45) is 7.05 Å². The van der Waals surface area contributed by atoms with Gasteiger partial charge in [0.05, 0.1) is 10.5 Å². The molecule has 2 aromatic carbocycles. The lowest BCUT2D eigenvalue weighted by Gasteiger charge is -2.19. The number of para-hydroxylation sites is 1. The molecule has 0 bridgehead atoms. The van der Waals surface area contributed by atoms with Gasteiger partial charge in [-0.1, -0.05) is 18.2 Å². The van der Waals surface area contributed by atoms with E-state index in [0.29, 0.717) is 30.3 Å². The Labute approximate surface area is 155 Å². The van der Waals surface area contributed by atoms with Gasteiger partial charge in [0, 0.05) is 30.2 Å². The Bertz CT molecular complexity index is 1140. The number of benzene rings is 2. The molecule has 1 aromatic heterocycles. The Morgan fingerprint density at radius 3 is 2.63 bits per heavy atom. The second kappa shape index (κ2) is 6.60. The summed E-state index contributed by atoms with van der Waals surface area (Å²) >= 11 is 0. The SMILES string of the molecule is Cn1cc(C(=O)NNS(=O)(=O)c2ccc3c(c2)OCCO3)c2ccccc21. The summed E-state index contributed by atoms with van der Waals surface area (Å²) in [7, 11) is -2.15. The maximum atomic E-state index is 12.5. The van der Waals surface area contributed by atoms with E-state index in [4.69, 9.17) is 9.47 Å². The first-order chi connectivity index (χ1) is 13.0. The topological polar surface area (TPSA) is 98.7 Å². The number of carbonyl (C=O) groups is 1. The summed E-state index contributed by atoms with van der Waals surface area (Å²) in [5, 5.41) is 0.732. The highest BCUT2D eigenvalue weighted by Crippen LogP contribution is 2.32. The molecule has 27 heavy (non-hydrogen) atoms. The molecule has 1 aliphatic heterocycles. The van der Waals surface area contributed by atoms with Crippen LogP contribution in [0.1, 0.15) is 10.4 Å². The Hall–Kier alpha value is -3.04. The largest absolute Gasteiger partial charge is 0.486 e. The van der Waals surface area contributed by atoms with Gasteiger partial charge in [-0.3, -0.25) is 10.2 Å². The summed E-state index contributed by atoms with van der Waals surface area (Å²) in [6, 6.07) is 11.6. The normalized spacial score (nSPS) is 13.5. The minimum atomic E-state index is -3.97. The van der Waals surface area contributed by atoms with E-state index in [0.717, 1.165) is 10.9 Å². The Kier molecular flexibility index (Phi) is 4.25. The van der Waals surface area contributed by atoms with E-state index in [1.807, 2.05) is 25.2 Å². The van der Waals surface area contributed by atoms with Crippen LogP contribution in [0.2, 0.25) is 0 Å². The summed E-state index contributed by atoms with van der Waals surface area (Å²) in [4.78, 5) is 14.6. The van der Waals surface area contributed by atoms with Gasteiger partial charge in [0.25, 0.3) is 15.9 Å². The van der Waals surface area contributed by atoms with Crippen LogP contribution in [-0.2, 0) is 17.1 Å². The molecule has 0 saturated carbocycles. The van der Waals surface area contributed by atoms with Crippen molar-refractivity contribution in [2.45, 2.75) is 4.90 Å². The molecule has 1 aliphatic rings. The van der Waals surface area contributed by atoms with Crippen LogP contribution in [-0.4, -0.2) is 32.1 Å². The lowest BCUT2D eigenvalue weighted by molar-refractivity contribution is 0.0946. The molecular formula is C18H17N3O5S. The van der Waals surface area contributed by atoms with Crippen LogP contribution in [0.3, 0.4) is 0 Å². The van der Waals surface area contributed by atoms with Crippen molar-refractivity contribution in [3.8, 4) is 11.5 Å². The van der Waals surface area contributed by atoms with E-state index in [-0.39, 0.29) is 4.90 Å². The van der Waals surface area contributed by atoms with Crippen LogP contribution in [0.25, 0.3) is 10.9 Å². The summed E-state index contributed by atoms with van der Waals surface area (Å²) in [5.41, 5.74) is 3.51. The van der Waals surface area contributed by atoms with Crippen molar-refractivity contribution in [2.75, 3.05) is 13.2 Å². The van der Waals surface area contributed by atoms with Crippen molar-refractivity contribution in [3.05, 3.63) is 54.2 Å². The molecule has 9 heteroatoms. The molecule has 2 heterocycles. The van der Waals surface area contributed by atoms with Gasteiger partial charge in [0.2, 0.25) is 0 Å². The van der Waals surface area contributed by atoms with Crippen LogP contribution in [0.15, 0.2) is 53.6 Å². The fourth-order valence-corrected chi connectivity index (χ4v) is 3.81. The van der Waals surface area contributed by atoms with E-state index in [1.54, 1.807) is 16.8 Å². The average Bonchev–Trinajstić information content (AvgIpc) is 3.03. The second-order valence-corrected chi connectivity index (χ2v) is 7.72. The van der Waals surface area contributed by atoms with Crippen molar-refractivity contribution in [3.63, 3.8) is 0 Å². The number of nitrogens with zero attached hydrogens (tertiary/aromatic N) is 1. The lowest BCUT2D eigenvalue weighted by atomic mass is 10.2. The molecule has 3 aromatic rings. The van der Waals surface area contributed by atoms with Gasteiger partial charge in [-0.15, -0.1) is 4.83 Å². The molecule has 8 nitrogen and oxygen atoms in total. The highest BCUT2D eigenvalue weighted by molar-refractivity contribution is 7.89. The third-order valence-electron chi connectivity index (χ3n) is 4.26. The molecule has 4 rings (SSSR count). The molecule has 0 radical (unpaired) electrons. The van der Waals surface area contributed by atoms with E-state index in [2.05, 4.69) is 10.3 Å². The number of aryl methyl sites for hydroxylation is 1. The molecule has 0 unspecified atom stereocenters. The lowest BCUT2D eigenvalue weighted by Crippen LogP contribution is -2.41. The Morgan fingerprint density at radius 1 is 1.07 bits per heavy atom. The van der Waals surface area contributed by atoms with E-state index in [1.165, 1.54) is 18.2 Å². The number of aromatic nitrogens is 1. The standard InChI is InChI=1S/C18H17N3O5S/c1-21-11-14(13-4-2-3-5-15(13)21)18(22)19-20-27(23,24)12-6-7-16-17(10-12)26-9-8-25-16/h2-7,10-11,20H,8-9H2,1H3,(H,19,22). The van der Waals surface area contributed by atoms with Gasteiger partial charge in [0.1, 0.15) is 13.2 Å². The van der Waals surface area contributed by atoms with Gasteiger partial charge in [-0.05, 0) is 18.2 Å². The second-order valence-electron chi connectivity index (χ2n) is 6.04. The molecule has 0 spiro atoms. The summed E-state index contributed by atoms with van der Waals surface area (Å²) in [5.74, 6) is 0.289. The number of sulfonamides is 1. The number of ether oxygens (including phenoxy) is 2. The first-order valence-corrected chi connectivity index (χ1v) is 9.70. The Morgan fingerprint density at radius 2 is 1.81 bits per heavy atom. The summed E-state index contributed by atoms with van der Waals surface area (Å²) in [6.07, 6.45) is 1.65. The molecule has 0 fully saturated rings. The predicted molar refractivity (Wildman–Crippen MR) is 98.1 cm³/mol. The first-order valence-electron chi connectivity index (χ1n) is 8.21. The number of amides is 1. The fraction of sp³-hybridized carbons (Fsp3) is 0.167. The smallest absolute Gasteiger partial charge is 0.268 e. The van der Waals surface area contributed by atoms with Crippen LogP contribution in [0, 0.1) is 0 Å². The molecule has 0 saturated heterocycles. The summed E-state index contributed by atoms with van der Waals surface area (Å²) < 4.78 is 37.6. The minimum absolute atomic E-state index is 0.0371. The highest BCUT2D eigenvalue weighted by atomic mass is 32.2. The molecule has 2 N–H and O–H groups in total. The highest BCUT2D eigenvalue weighted by Gasteiger charge is 2.21. The minimum Gasteiger partial charge on any atom is -0.486 e. The summed E-state index contributed by atoms with van der Waals surface area (Å²) in [6.45, 7) is 0.764. The van der Waals surface area contributed by atoms with Gasteiger partial charge in [-0.2, -0.15) is 0 Å². The Balaban J connectivity index is 1.54. The number of fused-ring (bicyclic) bond motifs is 2. The number of carbonyl (C=O) groups excluding carboxylic acids is 1. The monoisotopic (exact) mass is 387 g/mol. The number of hydrazine groups is 1. The quantitative estimate of drug-likeness (QED) is 0.662. The zero-order valence-corrected chi connectivity index (χ0v) is 15.2. The maximum absolute atomic E-state index is 12.5. The average molecular weight is 387 g/mol. The number of nitrogens with one attached hydrogen (secondary N) is 2. The molecule has 140 valence electrons. The third-order valence-corrected chi connectivity index (χ3v) is 5.51. The van der Waals surface area contributed by atoms with Crippen LogP contribution in [0.5, 0.6) is 11.5 Å². The predicted octanol–water partition coefficient (Wildman–Crippen LogP) is 1.57. The van der Waals surface area contributed by atoms with Gasteiger partial charge >= 0.3 is 0 Å². The van der Waals surface area contributed by atoms with Gasteiger partial charge in [-0.25, -0.2) is 8.42 Å². The van der Waals surface area contributed by atoms with E-state index < -0.39 is 15.9 Å². The number of rotatable bonds is 4. The molecule has 1 amide bonds. The zero-order chi connectivity index (χ0) is 19.0. The van der Waals surface area contributed by atoms with Crippen LogP contribution >= 0.6 is 0 Å². The van der Waals surface area contributed by atoms with Crippen molar-refractivity contribution < 1.29 is 22.7 Å². The molecular weight excluding hydrogens is 370 g/mol. The van der Waals surface area contributed by atoms with Crippen molar-refractivity contribution >= 4 is 26.8 Å². The van der Waals surface area contributed by atoms with Crippen LogP contribution < -0.4 is 19.7 Å². The molecule has 0 atom stereocenters. The zero-order valence-electron chi connectivity index (χ0n) is 14.4. The molecule has 0 aliphatic carbocycles. The van der Waals surface area contributed by atoms with E-state index >= 15 is 0 Å².